The minimum atomic E-state index is -0.0647. The van der Waals surface area contributed by atoms with Gasteiger partial charge in [0.25, 0.3) is 5.91 Å². The summed E-state index contributed by atoms with van der Waals surface area (Å²) < 4.78 is 11.1. The number of hydrogen-bond donors (Lipinski definition) is 1. The molecule has 1 N–H and O–H groups in total. The van der Waals surface area contributed by atoms with Crippen molar-refractivity contribution >= 4 is 5.91 Å². The number of rotatable bonds is 8. The second-order valence-electron chi connectivity index (χ2n) is 7.91. The maximum absolute atomic E-state index is 12.9. The summed E-state index contributed by atoms with van der Waals surface area (Å²) in [5.41, 5.74) is 4.07. The second kappa shape index (κ2) is 10.5. The highest BCUT2D eigenvalue weighted by molar-refractivity contribution is 5.94. The highest BCUT2D eigenvalue weighted by Crippen LogP contribution is 2.18. The van der Waals surface area contributed by atoms with Crippen LogP contribution in [0.5, 0.6) is 0 Å². The summed E-state index contributed by atoms with van der Waals surface area (Å²) in [5, 5.41) is 3.23. The van der Waals surface area contributed by atoms with Crippen molar-refractivity contribution in [2.45, 2.75) is 39.5 Å². The average Bonchev–Trinajstić information content (AvgIpc) is 2.73. The van der Waals surface area contributed by atoms with E-state index in [1.165, 1.54) is 5.56 Å². The number of carbonyl (C=O) groups excluding carboxylic acids is 1. The lowest BCUT2D eigenvalue weighted by atomic mass is 10.0. The Kier molecular flexibility index (Phi) is 7.81. The zero-order valence-corrected chi connectivity index (χ0v) is 17.7. The van der Waals surface area contributed by atoms with Gasteiger partial charge in [0.05, 0.1) is 32.0 Å². The predicted octanol–water partition coefficient (Wildman–Crippen LogP) is 3.72. The summed E-state index contributed by atoms with van der Waals surface area (Å²) in [6.45, 7) is 10.7. The Morgan fingerprint density at radius 2 is 1.72 bits per heavy atom. The van der Waals surface area contributed by atoms with Gasteiger partial charge < -0.3 is 14.8 Å². The zero-order valence-electron chi connectivity index (χ0n) is 17.7. The summed E-state index contributed by atoms with van der Waals surface area (Å²) in [6, 6.07) is 16.0. The number of ether oxygens (including phenoxy) is 2. The van der Waals surface area contributed by atoms with Crippen LogP contribution >= 0.6 is 0 Å². The fraction of sp³-hybridized carbons (Fsp3) is 0.458. The first kappa shape index (κ1) is 21.5. The monoisotopic (exact) mass is 396 g/mol. The molecule has 0 aromatic heterocycles. The van der Waals surface area contributed by atoms with Crippen LogP contribution in [0.1, 0.15) is 46.9 Å². The van der Waals surface area contributed by atoms with E-state index in [9.17, 15) is 4.79 Å². The SMILES string of the molecule is Cc1ccc([C@@H](CN2CCOCC2)NC(=O)c2ccc(COC(C)C)cc2)cc1. The molecule has 2 aromatic carbocycles. The Balaban J connectivity index is 1.68. The molecule has 3 rings (SSSR count). The van der Waals surface area contributed by atoms with Crippen molar-refractivity contribution in [3.05, 3.63) is 70.8 Å². The summed E-state index contributed by atoms with van der Waals surface area (Å²) in [5.74, 6) is -0.0554. The maximum Gasteiger partial charge on any atom is 0.251 e. The van der Waals surface area contributed by atoms with Gasteiger partial charge in [-0.3, -0.25) is 9.69 Å². The molecule has 0 unspecified atom stereocenters. The minimum absolute atomic E-state index is 0.0554. The first-order valence-corrected chi connectivity index (χ1v) is 10.4. The van der Waals surface area contributed by atoms with Crippen molar-refractivity contribution in [1.29, 1.82) is 0 Å². The predicted molar refractivity (Wildman–Crippen MR) is 115 cm³/mol. The Bertz CT molecular complexity index is 766. The topological polar surface area (TPSA) is 50.8 Å². The third-order valence-corrected chi connectivity index (χ3v) is 5.13. The highest BCUT2D eigenvalue weighted by atomic mass is 16.5. The average molecular weight is 397 g/mol. The van der Waals surface area contributed by atoms with Gasteiger partial charge in [-0.25, -0.2) is 0 Å². The fourth-order valence-electron chi connectivity index (χ4n) is 3.33. The summed E-state index contributed by atoms with van der Waals surface area (Å²) in [6.07, 6.45) is 0.188. The van der Waals surface area contributed by atoms with Gasteiger partial charge in [-0.1, -0.05) is 42.0 Å². The molecule has 1 amide bonds. The van der Waals surface area contributed by atoms with Crippen molar-refractivity contribution in [3.63, 3.8) is 0 Å². The normalized spacial score (nSPS) is 16.0. The van der Waals surface area contributed by atoms with Crippen LogP contribution in [0.4, 0.5) is 0 Å². The van der Waals surface area contributed by atoms with E-state index in [1.54, 1.807) is 0 Å². The molecule has 0 saturated carbocycles. The van der Waals surface area contributed by atoms with Crippen molar-refractivity contribution in [3.8, 4) is 0 Å². The molecule has 5 nitrogen and oxygen atoms in total. The lowest BCUT2D eigenvalue weighted by molar-refractivity contribution is 0.0332. The van der Waals surface area contributed by atoms with E-state index in [4.69, 9.17) is 9.47 Å². The van der Waals surface area contributed by atoms with Gasteiger partial charge >= 0.3 is 0 Å². The van der Waals surface area contributed by atoms with Gasteiger partial charge in [0, 0.05) is 25.2 Å². The van der Waals surface area contributed by atoms with Crippen LogP contribution in [0.15, 0.2) is 48.5 Å². The Morgan fingerprint density at radius 3 is 2.34 bits per heavy atom. The molecule has 1 aliphatic heterocycles. The van der Waals surface area contributed by atoms with E-state index < -0.39 is 0 Å². The number of nitrogens with zero attached hydrogens (tertiary/aromatic N) is 1. The molecule has 2 aromatic rings. The van der Waals surface area contributed by atoms with E-state index in [-0.39, 0.29) is 18.1 Å². The number of nitrogens with one attached hydrogen (secondary N) is 1. The smallest absolute Gasteiger partial charge is 0.251 e. The standard InChI is InChI=1S/C24H32N2O3/c1-18(2)29-17-20-6-10-22(11-7-20)24(27)25-23(16-26-12-14-28-15-13-26)21-8-4-19(3)5-9-21/h4-11,18,23H,12-17H2,1-3H3,(H,25,27)/t23-/m1/s1. The van der Waals surface area contributed by atoms with E-state index >= 15 is 0 Å². The number of morpholine rings is 1. The van der Waals surface area contributed by atoms with Gasteiger partial charge in [0.2, 0.25) is 0 Å². The van der Waals surface area contributed by atoms with Gasteiger partial charge in [-0.05, 0) is 44.0 Å². The largest absolute Gasteiger partial charge is 0.379 e. The molecule has 0 spiro atoms. The fourth-order valence-corrected chi connectivity index (χ4v) is 3.33. The molecule has 1 atom stereocenters. The third-order valence-electron chi connectivity index (χ3n) is 5.13. The molecule has 0 aliphatic carbocycles. The molecule has 1 fully saturated rings. The Morgan fingerprint density at radius 1 is 1.07 bits per heavy atom. The lowest BCUT2D eigenvalue weighted by Crippen LogP contribution is -2.43. The number of carbonyl (C=O) groups is 1. The van der Waals surface area contributed by atoms with Gasteiger partial charge in [0.1, 0.15) is 0 Å². The second-order valence-corrected chi connectivity index (χ2v) is 7.91. The van der Waals surface area contributed by atoms with Gasteiger partial charge in [0.15, 0.2) is 0 Å². The first-order valence-electron chi connectivity index (χ1n) is 10.4. The first-order chi connectivity index (χ1) is 14.0. The zero-order chi connectivity index (χ0) is 20.6. The molecule has 29 heavy (non-hydrogen) atoms. The molecular weight excluding hydrogens is 364 g/mol. The van der Waals surface area contributed by atoms with Crippen molar-refractivity contribution in [2.75, 3.05) is 32.8 Å². The van der Waals surface area contributed by atoms with Crippen LogP contribution in [0.3, 0.4) is 0 Å². The molecule has 0 bridgehead atoms. The quantitative estimate of drug-likeness (QED) is 0.739. The molecule has 0 radical (unpaired) electrons. The number of amides is 1. The van der Waals surface area contributed by atoms with E-state index in [1.807, 2.05) is 38.1 Å². The summed E-state index contributed by atoms with van der Waals surface area (Å²) in [7, 11) is 0. The van der Waals surface area contributed by atoms with Crippen LogP contribution in [-0.2, 0) is 16.1 Å². The minimum Gasteiger partial charge on any atom is -0.379 e. The van der Waals surface area contributed by atoms with Crippen LogP contribution in [0.2, 0.25) is 0 Å². The molecular formula is C24H32N2O3. The summed E-state index contributed by atoms with van der Waals surface area (Å²) >= 11 is 0. The van der Waals surface area contributed by atoms with Gasteiger partial charge in [-0.2, -0.15) is 0 Å². The van der Waals surface area contributed by atoms with E-state index in [2.05, 4.69) is 41.4 Å². The van der Waals surface area contributed by atoms with Gasteiger partial charge in [-0.15, -0.1) is 0 Å². The Hall–Kier alpha value is -2.21. The molecule has 1 aliphatic rings. The van der Waals surface area contributed by atoms with E-state index in [0.717, 1.165) is 44.0 Å². The van der Waals surface area contributed by atoms with Crippen LogP contribution in [0.25, 0.3) is 0 Å². The number of benzene rings is 2. The van der Waals surface area contributed by atoms with Crippen LogP contribution in [0, 0.1) is 6.92 Å². The lowest BCUT2D eigenvalue weighted by Gasteiger charge is -2.31. The third kappa shape index (κ3) is 6.67. The van der Waals surface area contributed by atoms with Crippen molar-refractivity contribution in [1.82, 2.24) is 10.2 Å². The van der Waals surface area contributed by atoms with Crippen molar-refractivity contribution < 1.29 is 14.3 Å². The summed E-state index contributed by atoms with van der Waals surface area (Å²) in [4.78, 5) is 15.3. The maximum atomic E-state index is 12.9. The van der Waals surface area contributed by atoms with Crippen LogP contribution in [-0.4, -0.2) is 49.8 Å². The molecule has 1 heterocycles. The van der Waals surface area contributed by atoms with Crippen LogP contribution < -0.4 is 5.32 Å². The molecule has 1 saturated heterocycles. The van der Waals surface area contributed by atoms with E-state index in [0.29, 0.717) is 12.2 Å². The number of aryl methyl sites for hydroxylation is 1. The highest BCUT2D eigenvalue weighted by Gasteiger charge is 2.21. The molecule has 5 heteroatoms. The number of hydrogen-bond acceptors (Lipinski definition) is 4. The molecule has 156 valence electrons. The van der Waals surface area contributed by atoms with Crippen molar-refractivity contribution in [2.24, 2.45) is 0 Å². The Labute approximate surface area is 174 Å².